The van der Waals surface area contributed by atoms with Crippen molar-refractivity contribution in [1.29, 1.82) is 0 Å². The van der Waals surface area contributed by atoms with Crippen molar-refractivity contribution in [3.05, 3.63) is 82.4 Å². The van der Waals surface area contributed by atoms with Crippen LogP contribution in [0.15, 0.2) is 54.6 Å². The largest absolute Gasteiger partial charge is 0.483 e. The third-order valence-electron chi connectivity index (χ3n) is 6.38. The lowest BCUT2D eigenvalue weighted by Crippen LogP contribution is -2.26. The Bertz CT molecular complexity index is 1370. The number of carbonyl (C=O) groups is 3. The molecule has 0 radical (unpaired) electrons. The summed E-state index contributed by atoms with van der Waals surface area (Å²) in [4.78, 5) is 38.0. The molecule has 1 aliphatic carbocycles. The van der Waals surface area contributed by atoms with Crippen LogP contribution in [-0.2, 0) is 11.3 Å². The first-order chi connectivity index (χ1) is 17.4. The van der Waals surface area contributed by atoms with E-state index in [9.17, 15) is 14.4 Å². The Kier molecular flexibility index (Phi) is 6.33. The molecule has 0 bridgehead atoms. The number of para-hydroxylation sites is 1. The molecule has 2 amide bonds. The lowest BCUT2D eigenvalue weighted by molar-refractivity contribution is -0.118. The van der Waals surface area contributed by atoms with Gasteiger partial charge in [0.1, 0.15) is 5.75 Å². The van der Waals surface area contributed by atoms with E-state index in [1.807, 2.05) is 32.0 Å². The van der Waals surface area contributed by atoms with Crippen LogP contribution >= 0.6 is 0 Å². The van der Waals surface area contributed by atoms with Gasteiger partial charge in [-0.1, -0.05) is 31.2 Å². The van der Waals surface area contributed by atoms with Crippen LogP contribution in [0.2, 0.25) is 0 Å². The molecule has 0 unspecified atom stereocenters. The molecule has 3 aromatic carbocycles. The summed E-state index contributed by atoms with van der Waals surface area (Å²) in [5.74, 6) is 1.13. The van der Waals surface area contributed by atoms with Crippen LogP contribution in [0, 0.1) is 6.92 Å². The molecule has 0 spiro atoms. The summed E-state index contributed by atoms with van der Waals surface area (Å²) < 4.78 is 16.4. The molecule has 0 saturated carbocycles. The maximum atomic E-state index is 12.9. The Morgan fingerprint density at radius 3 is 2.72 bits per heavy atom. The van der Waals surface area contributed by atoms with Gasteiger partial charge < -0.3 is 24.8 Å². The fraction of sp³-hybridized carbons (Fsp3) is 0.250. The van der Waals surface area contributed by atoms with Crippen LogP contribution in [0.5, 0.6) is 17.2 Å². The Labute approximate surface area is 208 Å². The number of carbonyl (C=O) groups excluding carboxylic acids is 3. The fourth-order valence-corrected chi connectivity index (χ4v) is 4.68. The first kappa shape index (κ1) is 23.4. The first-order valence-corrected chi connectivity index (χ1v) is 11.8. The number of nitrogens with one attached hydrogen (secondary N) is 2. The average molecular weight is 487 g/mol. The van der Waals surface area contributed by atoms with Gasteiger partial charge in [0.05, 0.1) is 16.8 Å². The number of hydrogen-bond donors (Lipinski definition) is 2. The molecular weight excluding hydrogens is 460 g/mol. The minimum absolute atomic E-state index is 0.0288. The third kappa shape index (κ3) is 4.62. The second kappa shape index (κ2) is 9.73. The van der Waals surface area contributed by atoms with Gasteiger partial charge in [0, 0.05) is 13.0 Å². The highest BCUT2D eigenvalue weighted by atomic mass is 16.7. The molecule has 1 heterocycles. The van der Waals surface area contributed by atoms with Gasteiger partial charge in [-0.25, -0.2) is 0 Å². The second-order valence-electron chi connectivity index (χ2n) is 8.95. The second-order valence-corrected chi connectivity index (χ2v) is 8.95. The molecule has 1 atom stereocenters. The van der Waals surface area contributed by atoms with E-state index in [1.54, 1.807) is 36.4 Å². The number of rotatable bonds is 7. The van der Waals surface area contributed by atoms with Crippen molar-refractivity contribution in [3.8, 4) is 17.2 Å². The lowest BCUT2D eigenvalue weighted by Gasteiger charge is -2.14. The maximum absolute atomic E-state index is 12.9. The minimum Gasteiger partial charge on any atom is -0.483 e. The number of anilines is 1. The SMILES string of the molecule is Cc1ccc(OCC(=O)Nc2ccccc2C(=O)NCc2ccc3c(c2)OCO3)c2c1[C@H](C)CC2=O. The highest BCUT2D eigenvalue weighted by molar-refractivity contribution is 6.05. The van der Waals surface area contributed by atoms with Gasteiger partial charge in [-0.2, -0.15) is 0 Å². The van der Waals surface area contributed by atoms with Crippen LogP contribution in [0.25, 0.3) is 0 Å². The number of fused-ring (bicyclic) bond motifs is 2. The van der Waals surface area contributed by atoms with Gasteiger partial charge in [-0.15, -0.1) is 0 Å². The summed E-state index contributed by atoms with van der Waals surface area (Å²) >= 11 is 0. The molecule has 36 heavy (non-hydrogen) atoms. The highest BCUT2D eigenvalue weighted by Crippen LogP contribution is 2.40. The molecular formula is C28H26N2O6. The van der Waals surface area contributed by atoms with Gasteiger partial charge in [0.2, 0.25) is 6.79 Å². The average Bonchev–Trinajstić information content (AvgIpc) is 3.46. The van der Waals surface area contributed by atoms with E-state index in [-0.39, 0.29) is 37.6 Å². The molecule has 0 saturated heterocycles. The maximum Gasteiger partial charge on any atom is 0.262 e. The molecule has 5 rings (SSSR count). The van der Waals surface area contributed by atoms with E-state index in [1.165, 1.54) is 0 Å². The fourth-order valence-electron chi connectivity index (χ4n) is 4.68. The summed E-state index contributed by atoms with van der Waals surface area (Å²) in [6, 6.07) is 15.9. The predicted octanol–water partition coefficient (Wildman–Crippen LogP) is 4.36. The molecule has 1 aliphatic heterocycles. The Hall–Kier alpha value is -4.33. The van der Waals surface area contributed by atoms with E-state index in [0.717, 1.165) is 16.7 Å². The van der Waals surface area contributed by atoms with E-state index in [4.69, 9.17) is 14.2 Å². The minimum atomic E-state index is -0.432. The van der Waals surface area contributed by atoms with E-state index < -0.39 is 5.91 Å². The normalized spacial score (nSPS) is 15.4. The van der Waals surface area contributed by atoms with Crippen LogP contribution in [0.1, 0.15) is 56.7 Å². The molecule has 0 fully saturated rings. The van der Waals surface area contributed by atoms with Crippen LogP contribution in [0.3, 0.4) is 0 Å². The van der Waals surface area contributed by atoms with E-state index in [0.29, 0.717) is 40.5 Å². The Morgan fingerprint density at radius 1 is 1.06 bits per heavy atom. The zero-order chi connectivity index (χ0) is 25.2. The Balaban J connectivity index is 1.22. The quantitative estimate of drug-likeness (QED) is 0.514. The number of aryl methyl sites for hydroxylation is 1. The van der Waals surface area contributed by atoms with Crippen LogP contribution in [0.4, 0.5) is 5.69 Å². The summed E-state index contributed by atoms with van der Waals surface area (Å²) in [7, 11) is 0. The van der Waals surface area contributed by atoms with Gasteiger partial charge in [-0.3, -0.25) is 14.4 Å². The molecule has 3 aromatic rings. The van der Waals surface area contributed by atoms with Crippen molar-refractivity contribution in [2.75, 3.05) is 18.7 Å². The predicted molar refractivity (Wildman–Crippen MR) is 133 cm³/mol. The number of ketones is 1. The highest BCUT2D eigenvalue weighted by Gasteiger charge is 2.31. The summed E-state index contributed by atoms with van der Waals surface area (Å²) in [6.07, 6.45) is 0.442. The number of ether oxygens (including phenoxy) is 3. The number of amides is 2. The number of benzene rings is 3. The molecule has 2 N–H and O–H groups in total. The van der Waals surface area contributed by atoms with Crippen molar-refractivity contribution in [3.63, 3.8) is 0 Å². The zero-order valence-corrected chi connectivity index (χ0v) is 20.1. The lowest BCUT2D eigenvalue weighted by atomic mass is 9.97. The third-order valence-corrected chi connectivity index (χ3v) is 6.38. The first-order valence-electron chi connectivity index (χ1n) is 11.8. The van der Waals surface area contributed by atoms with Gasteiger partial charge in [-0.05, 0) is 59.9 Å². The van der Waals surface area contributed by atoms with E-state index in [2.05, 4.69) is 10.6 Å². The summed E-state index contributed by atoms with van der Waals surface area (Å²) in [5, 5.41) is 5.61. The van der Waals surface area contributed by atoms with Gasteiger partial charge >= 0.3 is 0 Å². The zero-order valence-electron chi connectivity index (χ0n) is 20.1. The molecule has 2 aliphatic rings. The smallest absolute Gasteiger partial charge is 0.262 e. The van der Waals surface area contributed by atoms with Gasteiger partial charge in [0.25, 0.3) is 11.8 Å². The monoisotopic (exact) mass is 486 g/mol. The van der Waals surface area contributed by atoms with E-state index >= 15 is 0 Å². The molecule has 8 heteroatoms. The standard InChI is InChI=1S/C28H26N2O6/c1-16-7-9-23(27-21(31)11-17(2)26(16)27)34-14-25(32)30-20-6-4-3-5-19(20)28(33)29-13-18-8-10-22-24(12-18)36-15-35-22/h3-10,12,17H,11,13-15H2,1-2H3,(H,29,33)(H,30,32)/t17-/m1/s1. The number of hydrogen-bond acceptors (Lipinski definition) is 6. The number of Topliss-reactive ketones (excluding diaryl/α,β-unsaturated/α-hetero) is 1. The molecule has 184 valence electrons. The van der Waals surface area contributed by atoms with Crippen molar-refractivity contribution < 1.29 is 28.6 Å². The summed E-state index contributed by atoms with van der Waals surface area (Å²) in [6.45, 7) is 4.17. The van der Waals surface area contributed by atoms with Crippen LogP contribution < -0.4 is 24.8 Å². The van der Waals surface area contributed by atoms with Crippen molar-refractivity contribution >= 4 is 23.3 Å². The van der Waals surface area contributed by atoms with Crippen molar-refractivity contribution in [2.45, 2.75) is 32.7 Å². The molecule has 0 aromatic heterocycles. The van der Waals surface area contributed by atoms with Gasteiger partial charge in [0.15, 0.2) is 23.9 Å². The Morgan fingerprint density at radius 2 is 1.86 bits per heavy atom. The van der Waals surface area contributed by atoms with Crippen molar-refractivity contribution in [1.82, 2.24) is 5.32 Å². The molecule has 8 nitrogen and oxygen atoms in total. The summed E-state index contributed by atoms with van der Waals surface area (Å²) in [5.41, 5.74) is 4.15. The van der Waals surface area contributed by atoms with Crippen molar-refractivity contribution in [2.24, 2.45) is 0 Å². The van der Waals surface area contributed by atoms with Crippen LogP contribution in [-0.4, -0.2) is 31.0 Å². The topological polar surface area (TPSA) is 103 Å².